The first-order valence-corrected chi connectivity index (χ1v) is 7.28. The lowest BCUT2D eigenvalue weighted by Gasteiger charge is -2.15. The third kappa shape index (κ3) is 4.22. The standard InChI is InChI=1S/C18H18F2O4/c1-11-8-14(17(19)20)16(9-12(11)2)23-10-13-6-4-5-7-15(13)24-18(21)22-3/h4-9,17H,10H2,1-3H3. The van der Waals surface area contributed by atoms with E-state index in [4.69, 9.17) is 9.47 Å². The lowest BCUT2D eigenvalue weighted by molar-refractivity contribution is 0.120. The minimum atomic E-state index is -2.64. The van der Waals surface area contributed by atoms with Crippen LogP contribution in [0.4, 0.5) is 13.6 Å². The van der Waals surface area contributed by atoms with Crippen LogP contribution in [0.2, 0.25) is 0 Å². The Kier molecular flexibility index (Phi) is 5.73. The molecule has 0 saturated carbocycles. The van der Waals surface area contributed by atoms with E-state index in [1.165, 1.54) is 13.2 Å². The summed E-state index contributed by atoms with van der Waals surface area (Å²) in [6.07, 6.45) is -3.50. The molecule has 0 spiro atoms. The SMILES string of the molecule is COC(=O)Oc1ccccc1COc1cc(C)c(C)cc1C(F)F. The molecule has 0 unspecified atom stereocenters. The largest absolute Gasteiger partial charge is 0.513 e. The van der Waals surface area contributed by atoms with Crippen LogP contribution in [0.3, 0.4) is 0 Å². The summed E-state index contributed by atoms with van der Waals surface area (Å²) in [5, 5.41) is 0. The van der Waals surface area contributed by atoms with Gasteiger partial charge in [-0.2, -0.15) is 0 Å². The first-order chi connectivity index (χ1) is 11.4. The topological polar surface area (TPSA) is 44.8 Å². The monoisotopic (exact) mass is 336 g/mol. The van der Waals surface area contributed by atoms with Crippen LogP contribution in [0.1, 0.15) is 28.7 Å². The molecule has 0 N–H and O–H groups in total. The lowest BCUT2D eigenvalue weighted by atomic mass is 10.1. The zero-order valence-electron chi connectivity index (χ0n) is 13.6. The number of alkyl halides is 2. The van der Waals surface area contributed by atoms with Gasteiger partial charge in [0.25, 0.3) is 6.43 Å². The molecule has 0 saturated heterocycles. The molecule has 6 heteroatoms. The number of hydrogen-bond donors (Lipinski definition) is 0. The van der Waals surface area contributed by atoms with Crippen LogP contribution in [0.15, 0.2) is 36.4 Å². The van der Waals surface area contributed by atoms with Gasteiger partial charge >= 0.3 is 6.16 Å². The highest BCUT2D eigenvalue weighted by Crippen LogP contribution is 2.32. The Balaban J connectivity index is 2.23. The Morgan fingerprint density at radius 1 is 1.08 bits per heavy atom. The molecular weight excluding hydrogens is 318 g/mol. The summed E-state index contributed by atoms with van der Waals surface area (Å²) in [6, 6.07) is 9.68. The van der Waals surface area contributed by atoms with Crippen molar-refractivity contribution in [3.63, 3.8) is 0 Å². The van der Waals surface area contributed by atoms with Gasteiger partial charge in [0.1, 0.15) is 18.1 Å². The Morgan fingerprint density at radius 3 is 2.42 bits per heavy atom. The van der Waals surface area contributed by atoms with Gasteiger partial charge < -0.3 is 14.2 Å². The molecule has 128 valence electrons. The number of carbonyl (C=O) groups excluding carboxylic acids is 1. The second-order valence-electron chi connectivity index (χ2n) is 5.23. The predicted octanol–water partition coefficient (Wildman–Crippen LogP) is 4.97. The van der Waals surface area contributed by atoms with Crippen molar-refractivity contribution in [1.82, 2.24) is 0 Å². The third-order valence-electron chi connectivity index (χ3n) is 3.58. The van der Waals surface area contributed by atoms with Crippen molar-refractivity contribution < 1.29 is 27.8 Å². The maximum atomic E-state index is 13.2. The van der Waals surface area contributed by atoms with Gasteiger partial charge in [-0.05, 0) is 43.2 Å². The molecule has 4 nitrogen and oxygen atoms in total. The molecule has 0 aliphatic rings. The van der Waals surface area contributed by atoms with Gasteiger partial charge in [0.2, 0.25) is 0 Å². The van der Waals surface area contributed by atoms with Gasteiger partial charge in [-0.25, -0.2) is 13.6 Å². The van der Waals surface area contributed by atoms with Gasteiger partial charge in [0.15, 0.2) is 0 Å². The number of carbonyl (C=O) groups is 1. The number of ether oxygens (including phenoxy) is 3. The van der Waals surface area contributed by atoms with Crippen molar-refractivity contribution in [2.75, 3.05) is 7.11 Å². The second-order valence-corrected chi connectivity index (χ2v) is 5.23. The van der Waals surface area contributed by atoms with E-state index in [9.17, 15) is 13.6 Å². The van der Waals surface area contributed by atoms with E-state index in [0.717, 1.165) is 11.1 Å². The fraction of sp³-hybridized carbons (Fsp3) is 0.278. The molecule has 2 aromatic rings. The maximum absolute atomic E-state index is 13.2. The first kappa shape index (κ1) is 17.7. The van der Waals surface area contributed by atoms with Crippen molar-refractivity contribution in [1.29, 1.82) is 0 Å². The molecule has 0 radical (unpaired) electrons. The van der Waals surface area contributed by atoms with E-state index in [0.29, 0.717) is 5.56 Å². The van der Waals surface area contributed by atoms with Gasteiger partial charge in [-0.1, -0.05) is 18.2 Å². The molecular formula is C18H18F2O4. The van der Waals surface area contributed by atoms with E-state index in [-0.39, 0.29) is 23.7 Å². The molecule has 0 aliphatic heterocycles. The average Bonchev–Trinajstić information content (AvgIpc) is 2.56. The Hall–Kier alpha value is -2.63. The molecule has 24 heavy (non-hydrogen) atoms. The Morgan fingerprint density at radius 2 is 1.75 bits per heavy atom. The molecule has 0 amide bonds. The van der Waals surface area contributed by atoms with Crippen LogP contribution < -0.4 is 9.47 Å². The molecule has 0 atom stereocenters. The quantitative estimate of drug-likeness (QED) is 0.571. The molecule has 0 aliphatic carbocycles. The van der Waals surface area contributed by atoms with Crippen LogP contribution in [0.5, 0.6) is 11.5 Å². The van der Waals surface area contributed by atoms with E-state index >= 15 is 0 Å². The van der Waals surface area contributed by atoms with Crippen molar-refractivity contribution in [3.8, 4) is 11.5 Å². The van der Waals surface area contributed by atoms with Crippen LogP contribution in [-0.4, -0.2) is 13.3 Å². The van der Waals surface area contributed by atoms with E-state index in [1.807, 2.05) is 6.92 Å². The van der Waals surface area contributed by atoms with Gasteiger partial charge in [-0.3, -0.25) is 0 Å². The number of halogens is 2. The first-order valence-electron chi connectivity index (χ1n) is 7.28. The van der Waals surface area contributed by atoms with Crippen LogP contribution in [-0.2, 0) is 11.3 Å². The number of methoxy groups -OCH3 is 1. The average molecular weight is 336 g/mol. The van der Waals surface area contributed by atoms with Gasteiger partial charge in [0.05, 0.1) is 12.7 Å². The van der Waals surface area contributed by atoms with Gasteiger partial charge in [0, 0.05) is 5.56 Å². The van der Waals surface area contributed by atoms with Crippen LogP contribution in [0.25, 0.3) is 0 Å². The second kappa shape index (κ2) is 7.77. The number of para-hydroxylation sites is 1. The van der Waals surface area contributed by atoms with Crippen LogP contribution >= 0.6 is 0 Å². The fourth-order valence-electron chi connectivity index (χ4n) is 2.12. The van der Waals surface area contributed by atoms with E-state index in [2.05, 4.69) is 4.74 Å². The minimum absolute atomic E-state index is 0.0185. The zero-order valence-corrected chi connectivity index (χ0v) is 13.6. The van der Waals surface area contributed by atoms with E-state index < -0.39 is 12.6 Å². The molecule has 0 aromatic heterocycles. The fourth-order valence-corrected chi connectivity index (χ4v) is 2.12. The summed E-state index contributed by atoms with van der Waals surface area (Å²) in [4.78, 5) is 11.2. The maximum Gasteiger partial charge on any atom is 0.513 e. The molecule has 0 bridgehead atoms. The molecule has 0 heterocycles. The smallest absolute Gasteiger partial charge is 0.488 e. The number of benzene rings is 2. The number of rotatable bonds is 5. The van der Waals surface area contributed by atoms with Crippen molar-refractivity contribution >= 4 is 6.16 Å². The van der Waals surface area contributed by atoms with Crippen molar-refractivity contribution in [3.05, 3.63) is 58.7 Å². The zero-order chi connectivity index (χ0) is 17.7. The summed E-state index contributed by atoms with van der Waals surface area (Å²) in [5.41, 5.74) is 2.01. The summed E-state index contributed by atoms with van der Waals surface area (Å²) >= 11 is 0. The minimum Gasteiger partial charge on any atom is -0.488 e. The number of hydrogen-bond acceptors (Lipinski definition) is 4. The van der Waals surface area contributed by atoms with Crippen LogP contribution in [0, 0.1) is 13.8 Å². The third-order valence-corrected chi connectivity index (χ3v) is 3.58. The molecule has 2 aromatic carbocycles. The van der Waals surface area contributed by atoms with Crippen molar-refractivity contribution in [2.24, 2.45) is 0 Å². The highest BCUT2D eigenvalue weighted by molar-refractivity contribution is 5.64. The number of aryl methyl sites for hydroxylation is 2. The summed E-state index contributed by atoms with van der Waals surface area (Å²) in [5.74, 6) is 0.368. The summed E-state index contributed by atoms with van der Waals surface area (Å²) in [7, 11) is 1.20. The van der Waals surface area contributed by atoms with E-state index in [1.54, 1.807) is 37.3 Å². The highest BCUT2D eigenvalue weighted by Gasteiger charge is 2.17. The Labute approximate surface area is 139 Å². The predicted molar refractivity (Wildman–Crippen MR) is 84.7 cm³/mol. The summed E-state index contributed by atoms with van der Waals surface area (Å²) < 4.78 is 41.4. The lowest BCUT2D eigenvalue weighted by Crippen LogP contribution is -2.10. The normalized spacial score (nSPS) is 10.6. The Bertz CT molecular complexity index is 729. The molecule has 2 rings (SSSR count). The highest BCUT2D eigenvalue weighted by atomic mass is 19.3. The summed E-state index contributed by atoms with van der Waals surface area (Å²) in [6.45, 7) is 3.58. The van der Waals surface area contributed by atoms with Crippen molar-refractivity contribution in [2.45, 2.75) is 26.9 Å². The molecule has 0 fully saturated rings. The van der Waals surface area contributed by atoms with Gasteiger partial charge in [-0.15, -0.1) is 0 Å².